The fraction of sp³-hybridized carbons (Fsp3) is 0.929. The Morgan fingerprint density at radius 3 is 2.78 bits per heavy atom. The van der Waals surface area contributed by atoms with Gasteiger partial charge in [-0.2, -0.15) is 0 Å². The molecular weight excluding hydrogens is 230 g/mol. The van der Waals surface area contributed by atoms with Crippen LogP contribution < -0.4 is 5.32 Å². The van der Waals surface area contributed by atoms with E-state index in [1.165, 1.54) is 12.8 Å². The summed E-state index contributed by atoms with van der Waals surface area (Å²) in [6.45, 7) is 3.16. The highest BCUT2D eigenvalue weighted by Crippen LogP contribution is 2.34. The van der Waals surface area contributed by atoms with Crippen molar-refractivity contribution in [2.24, 2.45) is 5.92 Å². The second-order valence-corrected chi connectivity index (χ2v) is 5.55. The standard InChI is InChI=1S/C14H25NO3/c1-3-17-13(16)14(15-2)8-4-5-12(9-14)18-10-11-6-7-11/h11-12,15H,3-10H2,1-2H3. The topological polar surface area (TPSA) is 47.6 Å². The zero-order valence-corrected chi connectivity index (χ0v) is 11.5. The number of likely N-dealkylation sites (N-methyl/N-ethyl adjacent to an activating group) is 1. The predicted octanol–water partition coefficient (Wildman–Crippen LogP) is 1.88. The van der Waals surface area contributed by atoms with Crippen LogP contribution in [-0.4, -0.2) is 37.9 Å². The Labute approximate surface area is 109 Å². The third-order valence-corrected chi connectivity index (χ3v) is 4.12. The Hall–Kier alpha value is -0.610. The van der Waals surface area contributed by atoms with Gasteiger partial charge in [-0.3, -0.25) is 4.79 Å². The second kappa shape index (κ2) is 6.02. The van der Waals surface area contributed by atoms with Crippen LogP contribution in [0.25, 0.3) is 0 Å². The van der Waals surface area contributed by atoms with Gasteiger partial charge in [-0.25, -0.2) is 0 Å². The lowest BCUT2D eigenvalue weighted by Gasteiger charge is -2.38. The number of esters is 1. The van der Waals surface area contributed by atoms with Gasteiger partial charge in [0.2, 0.25) is 0 Å². The molecule has 4 nitrogen and oxygen atoms in total. The summed E-state index contributed by atoms with van der Waals surface area (Å²) >= 11 is 0. The van der Waals surface area contributed by atoms with E-state index in [1.54, 1.807) is 0 Å². The molecule has 0 saturated heterocycles. The van der Waals surface area contributed by atoms with Crippen LogP contribution in [0.1, 0.15) is 45.4 Å². The van der Waals surface area contributed by atoms with Gasteiger partial charge in [-0.15, -0.1) is 0 Å². The SMILES string of the molecule is CCOC(=O)C1(NC)CCCC(OCC2CC2)C1. The van der Waals surface area contributed by atoms with Gasteiger partial charge in [0.25, 0.3) is 0 Å². The highest BCUT2D eigenvalue weighted by molar-refractivity contribution is 5.81. The zero-order chi connectivity index (χ0) is 13.0. The van der Waals surface area contributed by atoms with Crippen LogP contribution in [-0.2, 0) is 14.3 Å². The molecule has 2 aliphatic rings. The zero-order valence-electron chi connectivity index (χ0n) is 11.5. The second-order valence-electron chi connectivity index (χ2n) is 5.55. The molecule has 0 aromatic rings. The minimum absolute atomic E-state index is 0.118. The van der Waals surface area contributed by atoms with E-state index in [-0.39, 0.29) is 12.1 Å². The van der Waals surface area contributed by atoms with E-state index in [1.807, 2.05) is 14.0 Å². The van der Waals surface area contributed by atoms with Crippen molar-refractivity contribution in [3.8, 4) is 0 Å². The molecule has 0 radical (unpaired) electrons. The fourth-order valence-corrected chi connectivity index (χ4v) is 2.71. The van der Waals surface area contributed by atoms with Crippen molar-refractivity contribution in [1.82, 2.24) is 5.32 Å². The first-order valence-electron chi connectivity index (χ1n) is 7.18. The van der Waals surface area contributed by atoms with Crippen molar-refractivity contribution in [2.75, 3.05) is 20.3 Å². The molecule has 2 aliphatic carbocycles. The molecule has 0 aromatic heterocycles. The summed E-state index contributed by atoms with van der Waals surface area (Å²) in [7, 11) is 1.85. The Balaban J connectivity index is 1.90. The highest BCUT2D eigenvalue weighted by Gasteiger charge is 2.43. The normalized spacial score (nSPS) is 32.2. The van der Waals surface area contributed by atoms with Crippen LogP contribution >= 0.6 is 0 Å². The fourth-order valence-electron chi connectivity index (χ4n) is 2.71. The minimum Gasteiger partial charge on any atom is -0.465 e. The van der Waals surface area contributed by atoms with Gasteiger partial charge in [0.1, 0.15) is 5.54 Å². The van der Waals surface area contributed by atoms with Gasteiger partial charge in [0, 0.05) is 13.0 Å². The van der Waals surface area contributed by atoms with Gasteiger partial charge in [0.15, 0.2) is 0 Å². The van der Waals surface area contributed by atoms with Gasteiger partial charge < -0.3 is 14.8 Å². The number of ether oxygens (including phenoxy) is 2. The quantitative estimate of drug-likeness (QED) is 0.736. The van der Waals surface area contributed by atoms with Crippen LogP contribution in [0, 0.1) is 5.92 Å². The first-order chi connectivity index (χ1) is 8.70. The number of hydrogen-bond acceptors (Lipinski definition) is 4. The molecular formula is C14H25NO3. The molecule has 2 fully saturated rings. The molecule has 2 unspecified atom stereocenters. The lowest BCUT2D eigenvalue weighted by molar-refractivity contribution is -0.155. The summed E-state index contributed by atoms with van der Waals surface area (Å²) < 4.78 is 11.1. The van der Waals surface area contributed by atoms with Gasteiger partial charge in [-0.1, -0.05) is 0 Å². The lowest BCUT2D eigenvalue weighted by atomic mass is 9.80. The first-order valence-corrected chi connectivity index (χ1v) is 7.18. The Bertz CT molecular complexity index is 291. The molecule has 0 amide bonds. The molecule has 104 valence electrons. The average molecular weight is 255 g/mol. The van der Waals surface area contributed by atoms with E-state index < -0.39 is 5.54 Å². The molecule has 0 bridgehead atoms. The molecule has 18 heavy (non-hydrogen) atoms. The molecule has 0 heterocycles. The van der Waals surface area contributed by atoms with Crippen LogP contribution in [0.5, 0.6) is 0 Å². The smallest absolute Gasteiger partial charge is 0.326 e. The van der Waals surface area contributed by atoms with Gasteiger partial charge in [0.05, 0.1) is 12.7 Å². The largest absolute Gasteiger partial charge is 0.465 e. The summed E-state index contributed by atoms with van der Waals surface area (Å²) in [5.41, 5.74) is -0.525. The summed E-state index contributed by atoms with van der Waals surface area (Å²) in [6, 6.07) is 0. The predicted molar refractivity (Wildman–Crippen MR) is 69.4 cm³/mol. The van der Waals surface area contributed by atoms with Gasteiger partial charge in [-0.05, 0) is 52.0 Å². The highest BCUT2D eigenvalue weighted by atomic mass is 16.5. The molecule has 2 atom stereocenters. The molecule has 1 N–H and O–H groups in total. The van der Waals surface area contributed by atoms with E-state index in [9.17, 15) is 4.79 Å². The Morgan fingerprint density at radius 1 is 1.39 bits per heavy atom. The van der Waals surface area contributed by atoms with Crippen molar-refractivity contribution in [1.29, 1.82) is 0 Å². The van der Waals surface area contributed by atoms with E-state index in [2.05, 4.69) is 5.32 Å². The number of carbonyl (C=O) groups excluding carboxylic acids is 1. The van der Waals surface area contributed by atoms with Crippen LogP contribution in [0.15, 0.2) is 0 Å². The van der Waals surface area contributed by atoms with Crippen molar-refractivity contribution < 1.29 is 14.3 Å². The molecule has 0 aliphatic heterocycles. The van der Waals surface area contributed by atoms with Crippen molar-refractivity contribution in [3.63, 3.8) is 0 Å². The number of hydrogen-bond donors (Lipinski definition) is 1. The number of nitrogens with one attached hydrogen (secondary N) is 1. The monoisotopic (exact) mass is 255 g/mol. The van der Waals surface area contributed by atoms with Crippen molar-refractivity contribution in [2.45, 2.75) is 57.1 Å². The van der Waals surface area contributed by atoms with E-state index in [4.69, 9.17) is 9.47 Å². The maximum atomic E-state index is 12.1. The van der Waals surface area contributed by atoms with Gasteiger partial charge >= 0.3 is 5.97 Å². The molecule has 2 rings (SSSR count). The maximum Gasteiger partial charge on any atom is 0.326 e. The average Bonchev–Trinajstić information content (AvgIpc) is 3.21. The van der Waals surface area contributed by atoms with Crippen molar-refractivity contribution in [3.05, 3.63) is 0 Å². The third kappa shape index (κ3) is 3.23. The van der Waals surface area contributed by atoms with Crippen LogP contribution in [0.3, 0.4) is 0 Å². The molecule has 0 spiro atoms. The first kappa shape index (κ1) is 13.8. The Kier molecular flexibility index (Phi) is 4.62. The van der Waals surface area contributed by atoms with Crippen LogP contribution in [0.4, 0.5) is 0 Å². The third-order valence-electron chi connectivity index (χ3n) is 4.12. The Morgan fingerprint density at radius 2 is 2.17 bits per heavy atom. The molecule has 0 aromatic carbocycles. The van der Waals surface area contributed by atoms with E-state index >= 15 is 0 Å². The minimum atomic E-state index is -0.525. The summed E-state index contributed by atoms with van der Waals surface area (Å²) in [5, 5.41) is 3.18. The molecule has 2 saturated carbocycles. The number of carbonyl (C=O) groups is 1. The van der Waals surface area contributed by atoms with E-state index in [0.717, 1.165) is 38.2 Å². The molecule has 4 heteroatoms. The summed E-state index contributed by atoms with van der Waals surface area (Å²) in [4.78, 5) is 12.1. The van der Waals surface area contributed by atoms with Crippen LogP contribution in [0.2, 0.25) is 0 Å². The summed E-state index contributed by atoms with van der Waals surface area (Å²) in [5.74, 6) is 0.658. The van der Waals surface area contributed by atoms with E-state index in [0.29, 0.717) is 6.61 Å². The lowest BCUT2D eigenvalue weighted by Crippen LogP contribution is -2.55. The maximum absolute atomic E-state index is 12.1. The number of rotatable bonds is 6. The summed E-state index contributed by atoms with van der Waals surface area (Å²) in [6.07, 6.45) is 6.51. The van der Waals surface area contributed by atoms with Crippen molar-refractivity contribution >= 4 is 5.97 Å².